The SMILES string of the molecule is CC1(C)CCC(C)(C)c2cc3c(cc21)-c1c(N(c2c#cc(-c4ccccc4)cc2)c2ccccc2C2=CC=CCC2)cccc1C3(c1ccccc1)c1ccccc1. The highest BCUT2D eigenvalue weighted by atomic mass is 15.1. The lowest BCUT2D eigenvalue weighted by Crippen LogP contribution is -2.35. The standard InChI is InChI=1S/C57H49N/c1-55(2)36-37-56(3,4)51-39-49-47(38-50(51)55)54-48(57(49,43-24-13-7-14-25-43)44-26-15-8-16-27-44)29-19-31-53(54)58(45-34-32-41(33-35-45)40-20-9-5-10-21-40)52-30-18-17-28-46(52)42-22-11-6-12-23-42/h5-11,13-22,24-32,34,38-39H,12,23,36-37H2,1-4H3. The Kier molecular flexibility index (Phi) is 8.65. The van der Waals surface area contributed by atoms with Crippen molar-refractivity contribution in [3.05, 3.63) is 227 Å². The maximum Gasteiger partial charge on any atom is 0.0974 e. The molecule has 0 spiro atoms. The summed E-state index contributed by atoms with van der Waals surface area (Å²) in [7, 11) is 0. The van der Waals surface area contributed by atoms with E-state index in [1.54, 1.807) is 0 Å². The fourth-order valence-electron chi connectivity index (χ4n) is 10.2. The summed E-state index contributed by atoms with van der Waals surface area (Å²) >= 11 is 0. The van der Waals surface area contributed by atoms with Crippen LogP contribution in [0.2, 0.25) is 0 Å². The number of fused-ring (bicyclic) bond motifs is 4. The molecule has 1 nitrogen and oxygen atoms in total. The molecule has 3 aliphatic carbocycles. The van der Waals surface area contributed by atoms with E-state index in [0.29, 0.717) is 0 Å². The molecule has 3 aliphatic rings. The van der Waals surface area contributed by atoms with Gasteiger partial charge in [-0.15, -0.1) is 0 Å². The third-order valence-corrected chi connectivity index (χ3v) is 13.3. The minimum atomic E-state index is -0.537. The van der Waals surface area contributed by atoms with Crippen molar-refractivity contribution in [1.29, 1.82) is 0 Å². The molecule has 0 heterocycles. The van der Waals surface area contributed by atoms with Gasteiger partial charge in [0.2, 0.25) is 0 Å². The zero-order valence-electron chi connectivity index (χ0n) is 34.0. The lowest BCUT2D eigenvalue weighted by atomic mass is 9.61. The van der Waals surface area contributed by atoms with Gasteiger partial charge in [-0.05, 0) is 123 Å². The van der Waals surface area contributed by atoms with Crippen LogP contribution in [0.3, 0.4) is 0 Å². The normalized spacial score (nSPS) is 16.7. The molecular formula is C57H49N. The molecule has 0 saturated carbocycles. The molecule has 1 heteroatoms. The minimum absolute atomic E-state index is 0.0446. The van der Waals surface area contributed by atoms with Crippen molar-refractivity contribution in [2.45, 2.75) is 69.6 Å². The van der Waals surface area contributed by atoms with Gasteiger partial charge in [0.15, 0.2) is 0 Å². The lowest BCUT2D eigenvalue weighted by molar-refractivity contribution is 0.331. The van der Waals surface area contributed by atoms with Crippen LogP contribution in [0.1, 0.15) is 92.3 Å². The van der Waals surface area contributed by atoms with Crippen LogP contribution in [0.4, 0.5) is 17.1 Å². The van der Waals surface area contributed by atoms with E-state index < -0.39 is 5.41 Å². The van der Waals surface area contributed by atoms with Crippen molar-refractivity contribution in [1.82, 2.24) is 0 Å². The van der Waals surface area contributed by atoms with Crippen LogP contribution in [0, 0.1) is 12.1 Å². The van der Waals surface area contributed by atoms with Crippen LogP contribution in [-0.4, -0.2) is 0 Å². The number of rotatable bonds is 7. The van der Waals surface area contributed by atoms with E-state index in [1.807, 2.05) is 0 Å². The Morgan fingerprint density at radius 1 is 0.517 bits per heavy atom. The van der Waals surface area contributed by atoms with E-state index in [4.69, 9.17) is 0 Å². The highest BCUT2D eigenvalue weighted by molar-refractivity contribution is 5.99. The summed E-state index contributed by atoms with van der Waals surface area (Å²) in [6, 6.07) is 66.0. The van der Waals surface area contributed by atoms with E-state index in [9.17, 15) is 0 Å². The molecule has 58 heavy (non-hydrogen) atoms. The number of allylic oxidation sites excluding steroid dienone is 4. The fraction of sp³-hybridized carbons (Fsp3) is 0.193. The molecule has 0 amide bonds. The Bertz CT molecular complexity index is 2660. The second kappa shape index (κ2) is 13.9. The summed E-state index contributed by atoms with van der Waals surface area (Å²) in [5.74, 6) is 0. The smallest absolute Gasteiger partial charge is 0.0974 e. The number of nitrogens with zero attached hydrogens (tertiary/aromatic N) is 1. The molecule has 10 rings (SSSR count). The predicted molar refractivity (Wildman–Crippen MR) is 243 cm³/mol. The number of benzene rings is 6. The molecule has 0 aliphatic heterocycles. The van der Waals surface area contributed by atoms with Gasteiger partial charge in [-0.25, -0.2) is 0 Å². The molecule has 0 atom stereocenters. The van der Waals surface area contributed by atoms with Crippen LogP contribution in [0.25, 0.3) is 27.8 Å². The monoisotopic (exact) mass is 747 g/mol. The highest BCUT2D eigenvalue weighted by Gasteiger charge is 2.50. The highest BCUT2D eigenvalue weighted by Crippen LogP contribution is 2.62. The van der Waals surface area contributed by atoms with Gasteiger partial charge in [0.1, 0.15) is 0 Å². The summed E-state index contributed by atoms with van der Waals surface area (Å²) in [6.07, 6.45) is 11.1. The molecule has 0 N–H and O–H groups in total. The Balaban J connectivity index is 1.32. The number of hydrogen-bond donors (Lipinski definition) is 0. The van der Waals surface area contributed by atoms with E-state index in [0.717, 1.165) is 53.9 Å². The third kappa shape index (κ3) is 5.69. The average Bonchev–Trinajstić information content (AvgIpc) is 3.57. The summed E-state index contributed by atoms with van der Waals surface area (Å²) < 4.78 is 0. The molecule has 0 bridgehead atoms. The first-order valence-corrected chi connectivity index (χ1v) is 21.0. The van der Waals surface area contributed by atoms with Gasteiger partial charge in [-0.1, -0.05) is 179 Å². The van der Waals surface area contributed by atoms with Crippen molar-refractivity contribution in [2.75, 3.05) is 4.90 Å². The second-order valence-electron chi connectivity index (χ2n) is 17.7. The largest absolute Gasteiger partial charge is 0.302 e. The Morgan fingerprint density at radius 3 is 1.78 bits per heavy atom. The first-order valence-electron chi connectivity index (χ1n) is 21.0. The van der Waals surface area contributed by atoms with Crippen LogP contribution in [-0.2, 0) is 16.2 Å². The quantitative estimate of drug-likeness (QED) is 0.157. The zero-order chi connectivity index (χ0) is 39.5. The molecule has 7 aromatic rings. The number of hydrogen-bond acceptors (Lipinski definition) is 1. The maximum absolute atomic E-state index is 3.70. The Labute approximate surface area is 345 Å². The third-order valence-electron chi connectivity index (χ3n) is 13.3. The molecule has 0 saturated heterocycles. The van der Waals surface area contributed by atoms with Crippen LogP contribution in [0.15, 0.2) is 176 Å². The molecule has 0 aromatic heterocycles. The number of anilines is 3. The van der Waals surface area contributed by atoms with Crippen molar-refractivity contribution in [3.63, 3.8) is 0 Å². The topological polar surface area (TPSA) is 3.24 Å². The molecule has 7 aromatic carbocycles. The first-order chi connectivity index (χ1) is 28.3. The predicted octanol–water partition coefficient (Wildman–Crippen LogP) is 14.9. The van der Waals surface area contributed by atoms with Gasteiger partial charge in [-0.3, -0.25) is 0 Å². The number of para-hydroxylation sites is 1. The van der Waals surface area contributed by atoms with Gasteiger partial charge in [0.25, 0.3) is 0 Å². The second-order valence-corrected chi connectivity index (χ2v) is 17.7. The summed E-state index contributed by atoms with van der Waals surface area (Å²) in [5.41, 5.74) is 18.4. The fourth-order valence-corrected chi connectivity index (χ4v) is 10.2. The van der Waals surface area contributed by atoms with Gasteiger partial charge in [0.05, 0.1) is 22.5 Å². The average molecular weight is 748 g/mol. The van der Waals surface area contributed by atoms with Gasteiger partial charge < -0.3 is 4.90 Å². The van der Waals surface area contributed by atoms with Gasteiger partial charge in [0, 0.05) is 16.7 Å². The van der Waals surface area contributed by atoms with E-state index in [1.165, 1.54) is 55.6 Å². The summed E-state index contributed by atoms with van der Waals surface area (Å²) in [4.78, 5) is 2.48. The van der Waals surface area contributed by atoms with E-state index in [-0.39, 0.29) is 10.8 Å². The van der Waals surface area contributed by atoms with Gasteiger partial charge in [-0.2, -0.15) is 0 Å². The van der Waals surface area contributed by atoms with Crippen molar-refractivity contribution >= 4 is 22.6 Å². The van der Waals surface area contributed by atoms with Gasteiger partial charge >= 0.3 is 0 Å². The summed E-state index contributed by atoms with van der Waals surface area (Å²) in [5, 5.41) is 0. The van der Waals surface area contributed by atoms with E-state index >= 15 is 0 Å². The maximum atomic E-state index is 3.70. The van der Waals surface area contributed by atoms with Crippen molar-refractivity contribution < 1.29 is 0 Å². The molecule has 282 valence electrons. The molecular weight excluding hydrogens is 699 g/mol. The van der Waals surface area contributed by atoms with Crippen LogP contribution >= 0.6 is 0 Å². The zero-order valence-corrected chi connectivity index (χ0v) is 34.0. The minimum Gasteiger partial charge on any atom is -0.302 e. The van der Waals surface area contributed by atoms with Crippen molar-refractivity contribution in [2.24, 2.45) is 0 Å². The van der Waals surface area contributed by atoms with Crippen LogP contribution < -0.4 is 4.90 Å². The first kappa shape index (κ1) is 36.0. The summed E-state index contributed by atoms with van der Waals surface area (Å²) in [6.45, 7) is 9.80. The Hall–Kier alpha value is -6.36. The molecule has 0 fully saturated rings. The Morgan fingerprint density at radius 2 is 1.14 bits per heavy atom. The van der Waals surface area contributed by atoms with Crippen LogP contribution in [0.5, 0.6) is 0 Å². The van der Waals surface area contributed by atoms with Crippen molar-refractivity contribution in [3.8, 4) is 22.3 Å². The molecule has 0 radical (unpaired) electrons. The van der Waals surface area contributed by atoms with E-state index in [2.05, 4.69) is 221 Å². The lowest BCUT2D eigenvalue weighted by Gasteiger charge is -2.43. The molecule has 0 unspecified atom stereocenters.